The van der Waals surface area contributed by atoms with Crippen molar-refractivity contribution >= 4 is 12.0 Å². The van der Waals surface area contributed by atoms with Gasteiger partial charge < -0.3 is 15.3 Å². The van der Waals surface area contributed by atoms with E-state index in [1.54, 1.807) is 0 Å². The molecular weight excluding hydrogens is 277 g/mol. The van der Waals surface area contributed by atoms with Crippen molar-refractivity contribution in [2.24, 2.45) is 5.41 Å². The van der Waals surface area contributed by atoms with Gasteiger partial charge in [0, 0.05) is 6.54 Å². The van der Waals surface area contributed by atoms with E-state index in [0.29, 0.717) is 0 Å². The van der Waals surface area contributed by atoms with Gasteiger partial charge in [-0.15, -0.1) is 0 Å². The highest BCUT2D eigenvalue weighted by Crippen LogP contribution is 2.43. The monoisotopic (exact) mass is 296 g/mol. The zero-order valence-corrected chi connectivity index (χ0v) is 11.3. The summed E-state index contributed by atoms with van der Waals surface area (Å²) in [4.78, 5) is 22.5. The number of aliphatic carboxylic acids is 1. The summed E-state index contributed by atoms with van der Waals surface area (Å²) in [7, 11) is 0. The zero-order valence-electron chi connectivity index (χ0n) is 11.3. The summed E-state index contributed by atoms with van der Waals surface area (Å²) >= 11 is 0. The summed E-state index contributed by atoms with van der Waals surface area (Å²) < 4.78 is 37.0. The van der Waals surface area contributed by atoms with Crippen molar-refractivity contribution in [3.63, 3.8) is 0 Å². The first-order chi connectivity index (χ1) is 9.17. The standard InChI is InChI=1S/C12H19F3N2O3/c1-2-11(4-3-5-11)7-16-10(20)17(6-9(18)19)8-12(13,14)15/h2-8H2,1H3,(H,16,20)(H,18,19). The number of carboxylic acid groups (broad SMARTS) is 1. The molecule has 0 unspecified atom stereocenters. The Morgan fingerprint density at radius 1 is 1.35 bits per heavy atom. The number of hydrogen-bond acceptors (Lipinski definition) is 2. The number of alkyl halides is 3. The highest BCUT2D eigenvalue weighted by Gasteiger charge is 2.37. The van der Waals surface area contributed by atoms with Crippen molar-refractivity contribution < 1.29 is 27.9 Å². The molecule has 0 heterocycles. The number of carboxylic acids is 1. The molecule has 0 spiro atoms. The van der Waals surface area contributed by atoms with Gasteiger partial charge in [0.15, 0.2) is 0 Å². The molecule has 5 nitrogen and oxygen atoms in total. The van der Waals surface area contributed by atoms with Crippen LogP contribution >= 0.6 is 0 Å². The number of carbonyl (C=O) groups excluding carboxylic acids is 1. The lowest BCUT2D eigenvalue weighted by Crippen LogP contribution is -2.50. The number of nitrogens with zero attached hydrogens (tertiary/aromatic N) is 1. The van der Waals surface area contributed by atoms with E-state index in [1.807, 2.05) is 6.92 Å². The molecule has 1 saturated carbocycles. The molecular formula is C12H19F3N2O3. The Kier molecular flexibility index (Phi) is 5.24. The Morgan fingerprint density at radius 3 is 2.30 bits per heavy atom. The molecule has 0 aliphatic heterocycles. The topological polar surface area (TPSA) is 69.6 Å². The van der Waals surface area contributed by atoms with Gasteiger partial charge in [-0.2, -0.15) is 13.2 Å². The predicted molar refractivity (Wildman–Crippen MR) is 65.2 cm³/mol. The first kappa shape index (κ1) is 16.6. The van der Waals surface area contributed by atoms with E-state index in [2.05, 4.69) is 5.32 Å². The molecule has 2 amide bonds. The van der Waals surface area contributed by atoms with E-state index >= 15 is 0 Å². The second-order valence-corrected chi connectivity index (χ2v) is 5.23. The number of nitrogens with one attached hydrogen (secondary N) is 1. The minimum Gasteiger partial charge on any atom is -0.480 e. The largest absolute Gasteiger partial charge is 0.480 e. The van der Waals surface area contributed by atoms with Crippen molar-refractivity contribution in [3.8, 4) is 0 Å². The molecule has 0 aromatic heterocycles. The van der Waals surface area contributed by atoms with E-state index in [1.165, 1.54) is 0 Å². The van der Waals surface area contributed by atoms with Crippen LogP contribution in [0.2, 0.25) is 0 Å². The van der Waals surface area contributed by atoms with Crippen LogP contribution in [0.4, 0.5) is 18.0 Å². The van der Waals surface area contributed by atoms with Crippen molar-refractivity contribution in [1.82, 2.24) is 10.2 Å². The molecule has 20 heavy (non-hydrogen) atoms. The molecule has 0 atom stereocenters. The van der Waals surface area contributed by atoms with Crippen LogP contribution in [0.5, 0.6) is 0 Å². The summed E-state index contributed by atoms with van der Waals surface area (Å²) in [5, 5.41) is 11.0. The molecule has 116 valence electrons. The quantitative estimate of drug-likeness (QED) is 0.789. The minimum atomic E-state index is -4.62. The Balaban J connectivity index is 2.56. The Labute approximate surface area is 115 Å². The predicted octanol–water partition coefficient (Wildman–Crippen LogP) is 2.23. The third kappa shape index (κ3) is 4.90. The van der Waals surface area contributed by atoms with E-state index < -0.39 is 31.3 Å². The average Bonchev–Trinajstić information content (AvgIpc) is 2.24. The van der Waals surface area contributed by atoms with Gasteiger partial charge in [-0.25, -0.2) is 4.79 Å². The van der Waals surface area contributed by atoms with Crippen LogP contribution in [0.25, 0.3) is 0 Å². The van der Waals surface area contributed by atoms with Gasteiger partial charge in [-0.1, -0.05) is 13.3 Å². The second-order valence-electron chi connectivity index (χ2n) is 5.23. The Hall–Kier alpha value is -1.47. The zero-order chi connectivity index (χ0) is 15.4. The molecule has 2 N–H and O–H groups in total. The molecule has 8 heteroatoms. The van der Waals surface area contributed by atoms with Gasteiger partial charge in [0.2, 0.25) is 0 Å². The highest BCUT2D eigenvalue weighted by atomic mass is 19.4. The molecule has 0 aromatic rings. The van der Waals surface area contributed by atoms with E-state index in [4.69, 9.17) is 5.11 Å². The maximum atomic E-state index is 12.3. The van der Waals surface area contributed by atoms with Crippen molar-refractivity contribution in [2.45, 2.75) is 38.8 Å². The summed E-state index contributed by atoms with van der Waals surface area (Å²) in [6, 6.07) is -0.982. The van der Waals surface area contributed by atoms with Gasteiger partial charge >= 0.3 is 18.2 Å². The van der Waals surface area contributed by atoms with Gasteiger partial charge in [0.05, 0.1) is 0 Å². The van der Waals surface area contributed by atoms with Gasteiger partial charge in [-0.3, -0.25) is 4.79 Å². The van der Waals surface area contributed by atoms with Crippen molar-refractivity contribution in [3.05, 3.63) is 0 Å². The third-order valence-corrected chi connectivity index (χ3v) is 3.76. The first-order valence-electron chi connectivity index (χ1n) is 6.49. The molecule has 1 fully saturated rings. The Bertz CT molecular complexity index is 362. The fourth-order valence-corrected chi connectivity index (χ4v) is 2.29. The number of rotatable bonds is 6. The molecule has 0 saturated heterocycles. The van der Waals surface area contributed by atoms with Gasteiger partial charge in [0.25, 0.3) is 0 Å². The molecule has 0 radical (unpaired) electrons. The smallest absolute Gasteiger partial charge is 0.406 e. The van der Waals surface area contributed by atoms with E-state index in [-0.39, 0.29) is 16.9 Å². The maximum Gasteiger partial charge on any atom is 0.406 e. The van der Waals surface area contributed by atoms with Crippen LogP contribution in [-0.2, 0) is 4.79 Å². The van der Waals surface area contributed by atoms with Crippen LogP contribution in [-0.4, -0.2) is 47.8 Å². The molecule has 0 bridgehead atoms. The summed E-state index contributed by atoms with van der Waals surface area (Å²) in [5.74, 6) is -1.47. The van der Waals surface area contributed by atoms with Crippen LogP contribution in [0.15, 0.2) is 0 Å². The van der Waals surface area contributed by atoms with Crippen molar-refractivity contribution in [2.75, 3.05) is 19.6 Å². The lowest BCUT2D eigenvalue weighted by atomic mass is 9.67. The molecule has 1 rings (SSSR count). The van der Waals surface area contributed by atoms with Crippen molar-refractivity contribution in [1.29, 1.82) is 0 Å². The number of carbonyl (C=O) groups is 2. The number of halogens is 3. The van der Waals surface area contributed by atoms with E-state index in [0.717, 1.165) is 25.7 Å². The number of hydrogen-bond donors (Lipinski definition) is 2. The van der Waals surface area contributed by atoms with Crippen LogP contribution in [0.3, 0.4) is 0 Å². The van der Waals surface area contributed by atoms with Gasteiger partial charge in [0.1, 0.15) is 13.1 Å². The van der Waals surface area contributed by atoms with E-state index in [9.17, 15) is 22.8 Å². The molecule has 0 aromatic carbocycles. The lowest BCUT2D eigenvalue weighted by Gasteiger charge is -2.41. The normalized spacial score (nSPS) is 17.2. The third-order valence-electron chi connectivity index (χ3n) is 3.76. The second kappa shape index (κ2) is 6.32. The molecule has 1 aliphatic rings. The lowest BCUT2D eigenvalue weighted by molar-refractivity contribution is -0.149. The van der Waals surface area contributed by atoms with Crippen LogP contribution in [0.1, 0.15) is 32.6 Å². The average molecular weight is 296 g/mol. The highest BCUT2D eigenvalue weighted by molar-refractivity contribution is 5.80. The van der Waals surface area contributed by atoms with Crippen LogP contribution < -0.4 is 5.32 Å². The summed E-state index contributed by atoms with van der Waals surface area (Å²) in [6.45, 7) is -0.277. The Morgan fingerprint density at radius 2 is 1.95 bits per heavy atom. The fraction of sp³-hybridized carbons (Fsp3) is 0.833. The maximum absolute atomic E-state index is 12.3. The van der Waals surface area contributed by atoms with Crippen LogP contribution in [0, 0.1) is 5.41 Å². The molecule has 1 aliphatic carbocycles. The first-order valence-corrected chi connectivity index (χ1v) is 6.49. The fourth-order valence-electron chi connectivity index (χ4n) is 2.29. The van der Waals surface area contributed by atoms with Gasteiger partial charge in [-0.05, 0) is 24.7 Å². The minimum absolute atomic E-state index is 0.0389. The summed E-state index contributed by atoms with van der Waals surface area (Å²) in [6.07, 6.45) is -0.869. The SMILES string of the molecule is CCC1(CNC(=O)N(CC(=O)O)CC(F)(F)F)CCC1. The number of amides is 2. The number of urea groups is 1. The summed E-state index contributed by atoms with van der Waals surface area (Å²) in [5.41, 5.74) is -0.0389.